The van der Waals surface area contributed by atoms with Crippen molar-refractivity contribution in [1.29, 1.82) is 0 Å². The van der Waals surface area contributed by atoms with Crippen LogP contribution in [-0.4, -0.2) is 11.5 Å². The van der Waals surface area contributed by atoms with Gasteiger partial charge >= 0.3 is 0 Å². The minimum Gasteiger partial charge on any atom is -0.487 e. The Kier molecular flexibility index (Phi) is 5.63. The van der Waals surface area contributed by atoms with Crippen LogP contribution in [0.1, 0.15) is 24.6 Å². The number of hydrogen-bond donors (Lipinski definition) is 1. The summed E-state index contributed by atoms with van der Waals surface area (Å²) in [7, 11) is 0. The number of aromatic nitrogens is 1. The number of pyridine rings is 1. The van der Waals surface area contributed by atoms with Crippen LogP contribution < -0.4 is 10.1 Å². The van der Waals surface area contributed by atoms with Crippen molar-refractivity contribution in [3.63, 3.8) is 0 Å². The van der Waals surface area contributed by atoms with Crippen molar-refractivity contribution < 1.29 is 13.5 Å². The first kappa shape index (κ1) is 15.4. The SMILES string of the molecule is CCCNCc1ccc(COc2cc(F)cc(F)c2)nc1. The van der Waals surface area contributed by atoms with Crippen molar-refractivity contribution in [3.8, 4) is 5.75 Å². The minimum absolute atomic E-state index is 0.156. The third kappa shape index (κ3) is 5.11. The Bertz CT molecular complexity index is 553. The fraction of sp³-hybridized carbons (Fsp3) is 0.312. The van der Waals surface area contributed by atoms with Gasteiger partial charge in [0.05, 0.1) is 5.69 Å². The molecule has 0 aliphatic heterocycles. The molecule has 112 valence electrons. The molecule has 1 heterocycles. The largest absolute Gasteiger partial charge is 0.487 e. The van der Waals surface area contributed by atoms with Crippen molar-refractivity contribution >= 4 is 0 Å². The van der Waals surface area contributed by atoms with Crippen LogP contribution in [0.4, 0.5) is 8.78 Å². The summed E-state index contributed by atoms with van der Waals surface area (Å²) in [6.45, 7) is 4.03. The van der Waals surface area contributed by atoms with Gasteiger partial charge in [-0.25, -0.2) is 8.78 Å². The van der Waals surface area contributed by atoms with Gasteiger partial charge in [0, 0.05) is 30.9 Å². The second-order valence-corrected chi connectivity index (χ2v) is 4.73. The monoisotopic (exact) mass is 292 g/mol. The predicted molar refractivity (Wildman–Crippen MR) is 76.9 cm³/mol. The number of rotatable bonds is 7. The number of ether oxygens (including phenoxy) is 1. The average molecular weight is 292 g/mol. The summed E-state index contributed by atoms with van der Waals surface area (Å²) in [5.74, 6) is -1.16. The van der Waals surface area contributed by atoms with Gasteiger partial charge in [-0.1, -0.05) is 13.0 Å². The van der Waals surface area contributed by atoms with Gasteiger partial charge in [-0.15, -0.1) is 0 Å². The molecule has 0 atom stereocenters. The molecule has 0 fully saturated rings. The van der Waals surface area contributed by atoms with Gasteiger partial charge in [0.2, 0.25) is 0 Å². The zero-order chi connectivity index (χ0) is 15.1. The van der Waals surface area contributed by atoms with Crippen molar-refractivity contribution in [2.24, 2.45) is 0 Å². The summed E-state index contributed by atoms with van der Waals surface area (Å²) in [5, 5.41) is 3.29. The highest BCUT2D eigenvalue weighted by molar-refractivity contribution is 5.24. The lowest BCUT2D eigenvalue weighted by Gasteiger charge is -2.07. The van der Waals surface area contributed by atoms with Crippen molar-refractivity contribution in [1.82, 2.24) is 10.3 Å². The summed E-state index contributed by atoms with van der Waals surface area (Å²) in [6, 6.07) is 6.90. The van der Waals surface area contributed by atoms with Gasteiger partial charge in [0.15, 0.2) is 0 Å². The van der Waals surface area contributed by atoms with Crippen LogP contribution in [0.3, 0.4) is 0 Å². The first-order chi connectivity index (χ1) is 10.2. The molecule has 1 aromatic carbocycles. The highest BCUT2D eigenvalue weighted by Crippen LogP contribution is 2.16. The van der Waals surface area contributed by atoms with Gasteiger partial charge < -0.3 is 10.1 Å². The predicted octanol–water partition coefficient (Wildman–Crippen LogP) is 3.44. The van der Waals surface area contributed by atoms with E-state index < -0.39 is 11.6 Å². The standard InChI is InChI=1S/C16H18F2N2O/c1-2-5-19-9-12-3-4-15(20-10-12)11-21-16-7-13(17)6-14(18)8-16/h3-4,6-8,10,19H,2,5,9,11H2,1H3. The lowest BCUT2D eigenvalue weighted by atomic mass is 10.2. The van der Waals surface area contributed by atoms with Crippen LogP contribution in [-0.2, 0) is 13.2 Å². The van der Waals surface area contributed by atoms with E-state index >= 15 is 0 Å². The van der Waals surface area contributed by atoms with Crippen molar-refractivity contribution in [2.45, 2.75) is 26.5 Å². The summed E-state index contributed by atoms with van der Waals surface area (Å²) in [4.78, 5) is 4.26. The number of hydrogen-bond acceptors (Lipinski definition) is 3. The van der Waals surface area contributed by atoms with E-state index in [2.05, 4.69) is 17.2 Å². The number of benzene rings is 1. The van der Waals surface area contributed by atoms with Crippen molar-refractivity contribution in [3.05, 3.63) is 59.4 Å². The summed E-state index contributed by atoms with van der Waals surface area (Å²) >= 11 is 0. The highest BCUT2D eigenvalue weighted by Gasteiger charge is 2.03. The summed E-state index contributed by atoms with van der Waals surface area (Å²) in [5.41, 5.74) is 1.79. The molecule has 2 rings (SSSR count). The van der Waals surface area contributed by atoms with Crippen LogP contribution in [0.5, 0.6) is 5.75 Å². The smallest absolute Gasteiger partial charge is 0.130 e. The number of nitrogens with zero attached hydrogens (tertiary/aromatic N) is 1. The maximum atomic E-state index is 13.0. The van der Waals surface area contributed by atoms with Crippen LogP contribution in [0.25, 0.3) is 0 Å². The van der Waals surface area contributed by atoms with Crippen LogP contribution in [0.15, 0.2) is 36.5 Å². The molecule has 0 amide bonds. The van der Waals surface area contributed by atoms with Crippen LogP contribution in [0.2, 0.25) is 0 Å². The zero-order valence-electron chi connectivity index (χ0n) is 11.9. The molecule has 0 saturated carbocycles. The van der Waals surface area contributed by atoms with E-state index in [-0.39, 0.29) is 12.4 Å². The molecule has 0 unspecified atom stereocenters. The Morgan fingerprint density at radius 3 is 2.52 bits per heavy atom. The lowest BCUT2D eigenvalue weighted by molar-refractivity contribution is 0.298. The van der Waals surface area contributed by atoms with E-state index in [4.69, 9.17) is 4.74 Å². The molecule has 0 aliphatic rings. The molecule has 1 aromatic heterocycles. The fourth-order valence-electron chi connectivity index (χ4n) is 1.82. The van der Waals surface area contributed by atoms with Gasteiger partial charge in [-0.3, -0.25) is 4.98 Å². The molecular formula is C16H18F2N2O. The molecule has 0 radical (unpaired) electrons. The Morgan fingerprint density at radius 2 is 1.90 bits per heavy atom. The zero-order valence-corrected chi connectivity index (χ0v) is 11.9. The topological polar surface area (TPSA) is 34.1 Å². The number of nitrogens with one attached hydrogen (secondary N) is 1. The molecule has 5 heteroatoms. The summed E-state index contributed by atoms with van der Waals surface area (Å²) < 4.78 is 31.4. The van der Waals surface area contributed by atoms with Crippen molar-refractivity contribution in [2.75, 3.05) is 6.54 Å². The van der Waals surface area contributed by atoms with Crippen LogP contribution in [0, 0.1) is 11.6 Å². The van der Waals surface area contributed by atoms with Gasteiger partial charge in [0.1, 0.15) is 24.0 Å². The Labute approximate surface area is 123 Å². The minimum atomic E-state index is -0.657. The lowest BCUT2D eigenvalue weighted by Crippen LogP contribution is -2.14. The van der Waals surface area contributed by atoms with E-state index in [1.54, 1.807) is 6.20 Å². The normalized spacial score (nSPS) is 10.6. The first-order valence-electron chi connectivity index (χ1n) is 6.91. The third-order valence-corrected chi connectivity index (χ3v) is 2.86. The third-order valence-electron chi connectivity index (χ3n) is 2.86. The van der Waals surface area contributed by atoms with Crippen LogP contribution >= 0.6 is 0 Å². The maximum Gasteiger partial charge on any atom is 0.130 e. The summed E-state index contributed by atoms with van der Waals surface area (Å²) in [6.07, 6.45) is 2.86. The number of halogens is 2. The van der Waals surface area contributed by atoms with Gasteiger partial charge in [-0.2, -0.15) is 0 Å². The van der Waals surface area contributed by atoms with Gasteiger partial charge in [0.25, 0.3) is 0 Å². The molecule has 1 N–H and O–H groups in total. The second kappa shape index (κ2) is 7.69. The second-order valence-electron chi connectivity index (χ2n) is 4.73. The van der Waals surface area contributed by atoms with E-state index in [0.29, 0.717) is 5.69 Å². The molecule has 0 bridgehead atoms. The average Bonchev–Trinajstić information content (AvgIpc) is 2.46. The highest BCUT2D eigenvalue weighted by atomic mass is 19.1. The molecule has 3 nitrogen and oxygen atoms in total. The van der Waals surface area contributed by atoms with E-state index in [1.165, 1.54) is 0 Å². The Balaban J connectivity index is 1.88. The molecule has 0 spiro atoms. The van der Waals surface area contributed by atoms with E-state index in [9.17, 15) is 8.78 Å². The quantitative estimate of drug-likeness (QED) is 0.794. The molecule has 0 aliphatic carbocycles. The van der Waals surface area contributed by atoms with E-state index in [1.807, 2.05) is 12.1 Å². The Morgan fingerprint density at radius 1 is 1.14 bits per heavy atom. The Hall–Kier alpha value is -2.01. The maximum absolute atomic E-state index is 13.0. The first-order valence-corrected chi connectivity index (χ1v) is 6.91. The van der Waals surface area contributed by atoms with Gasteiger partial charge in [-0.05, 0) is 24.6 Å². The molecule has 21 heavy (non-hydrogen) atoms. The molecular weight excluding hydrogens is 274 g/mol. The van der Waals surface area contributed by atoms with E-state index in [0.717, 1.165) is 43.3 Å². The molecule has 0 saturated heterocycles. The fourth-order valence-corrected chi connectivity index (χ4v) is 1.82. The molecule has 2 aromatic rings.